The average molecular weight is 395 g/mol. The number of hydrogen-bond donors (Lipinski definition) is 1. The largest absolute Gasteiger partial charge is 0.339 e. The molecule has 1 unspecified atom stereocenters. The third-order valence-corrected chi connectivity index (χ3v) is 5.00. The summed E-state index contributed by atoms with van der Waals surface area (Å²) in [5, 5.41) is 7.29. The maximum atomic E-state index is 13.6. The van der Waals surface area contributed by atoms with Crippen molar-refractivity contribution in [2.45, 2.75) is 44.1 Å². The number of piperazine rings is 1. The highest BCUT2D eigenvalue weighted by Gasteiger charge is 2.29. The van der Waals surface area contributed by atoms with Gasteiger partial charge in [-0.25, -0.2) is 4.39 Å². The highest BCUT2D eigenvalue weighted by molar-refractivity contribution is 5.85. The Balaban J connectivity index is 0.00000210. The van der Waals surface area contributed by atoms with Crippen molar-refractivity contribution in [1.82, 2.24) is 20.4 Å². The number of aromatic nitrogens is 2. The van der Waals surface area contributed by atoms with E-state index in [9.17, 15) is 9.18 Å². The van der Waals surface area contributed by atoms with Gasteiger partial charge in [-0.15, -0.1) is 12.4 Å². The summed E-state index contributed by atoms with van der Waals surface area (Å²) in [7, 11) is 0. The second-order valence-corrected chi connectivity index (χ2v) is 7.04. The Hall–Kier alpha value is -1.99. The number of aryl methyl sites for hydroxylation is 1. The number of amides is 1. The molecule has 1 aromatic carbocycles. The molecule has 1 aromatic heterocycles. The Labute approximate surface area is 163 Å². The van der Waals surface area contributed by atoms with Crippen LogP contribution in [0.25, 0.3) is 0 Å². The van der Waals surface area contributed by atoms with Gasteiger partial charge in [-0.2, -0.15) is 4.98 Å². The minimum Gasteiger partial charge on any atom is -0.339 e. The Kier molecular flexibility index (Phi) is 6.44. The molecule has 0 spiro atoms. The molecule has 0 radical (unpaired) electrons. The van der Waals surface area contributed by atoms with Gasteiger partial charge in [0.1, 0.15) is 5.82 Å². The van der Waals surface area contributed by atoms with Crippen LogP contribution in [0, 0.1) is 5.82 Å². The Bertz CT molecular complexity index is 781. The van der Waals surface area contributed by atoms with E-state index in [1.807, 2.05) is 11.0 Å². The number of carbonyl (C=O) groups is 1. The number of rotatable bonds is 6. The van der Waals surface area contributed by atoms with Crippen LogP contribution in [0.2, 0.25) is 0 Å². The monoisotopic (exact) mass is 394 g/mol. The van der Waals surface area contributed by atoms with E-state index in [-0.39, 0.29) is 30.2 Å². The first kappa shape index (κ1) is 19.8. The smallest absolute Gasteiger partial charge is 0.226 e. The number of benzene rings is 1. The summed E-state index contributed by atoms with van der Waals surface area (Å²) in [6.45, 7) is 2.03. The number of hydrogen-bond acceptors (Lipinski definition) is 5. The standard InChI is InChI=1S/C19H23FN4O2.ClH/c20-15-4-1-3-14(11-15)16-12-21-9-10-24(16)18(25)6-2-5-17-22-19(23-26-17)13-7-8-13;/h1,3-4,11,13,16,21H,2,5-10,12H2;1H. The molecule has 4 rings (SSSR count). The van der Waals surface area contributed by atoms with Crippen LogP contribution in [0.4, 0.5) is 4.39 Å². The van der Waals surface area contributed by atoms with E-state index in [2.05, 4.69) is 15.5 Å². The Morgan fingerprint density at radius 3 is 3.00 bits per heavy atom. The summed E-state index contributed by atoms with van der Waals surface area (Å²) in [6.07, 6.45) is 3.99. The van der Waals surface area contributed by atoms with Crippen molar-refractivity contribution in [3.8, 4) is 0 Å². The van der Waals surface area contributed by atoms with E-state index in [1.54, 1.807) is 6.07 Å². The molecule has 2 aliphatic rings. The molecule has 1 aliphatic carbocycles. The van der Waals surface area contributed by atoms with Crippen LogP contribution in [0.1, 0.15) is 54.9 Å². The van der Waals surface area contributed by atoms with Gasteiger partial charge in [0.2, 0.25) is 11.8 Å². The van der Waals surface area contributed by atoms with Crippen LogP contribution in [0.15, 0.2) is 28.8 Å². The van der Waals surface area contributed by atoms with Crippen molar-refractivity contribution in [1.29, 1.82) is 0 Å². The van der Waals surface area contributed by atoms with Gasteiger partial charge in [0.25, 0.3) is 0 Å². The van der Waals surface area contributed by atoms with Gasteiger partial charge in [0, 0.05) is 38.4 Å². The summed E-state index contributed by atoms with van der Waals surface area (Å²) in [5.74, 6) is 1.70. The second kappa shape index (κ2) is 8.80. The minimum absolute atomic E-state index is 0. The quantitative estimate of drug-likeness (QED) is 0.815. The molecule has 1 atom stereocenters. The van der Waals surface area contributed by atoms with Crippen molar-refractivity contribution < 1.29 is 13.7 Å². The topological polar surface area (TPSA) is 71.3 Å². The SMILES string of the molecule is Cl.O=C(CCCc1nc(C2CC2)no1)N1CCNCC1c1cccc(F)c1. The van der Waals surface area contributed by atoms with Gasteiger partial charge in [-0.1, -0.05) is 17.3 Å². The van der Waals surface area contributed by atoms with E-state index in [4.69, 9.17) is 4.52 Å². The predicted molar refractivity (Wildman–Crippen MR) is 100 cm³/mol. The highest BCUT2D eigenvalue weighted by Crippen LogP contribution is 2.38. The molecule has 0 bridgehead atoms. The van der Waals surface area contributed by atoms with Crippen LogP contribution in [-0.4, -0.2) is 40.6 Å². The first-order chi connectivity index (χ1) is 12.7. The molecule has 1 saturated carbocycles. The molecule has 1 saturated heterocycles. The first-order valence-electron chi connectivity index (χ1n) is 9.29. The molecule has 1 amide bonds. The van der Waals surface area contributed by atoms with Gasteiger partial charge in [0.15, 0.2) is 5.82 Å². The fourth-order valence-electron chi connectivity index (χ4n) is 3.43. The zero-order chi connectivity index (χ0) is 17.9. The summed E-state index contributed by atoms with van der Waals surface area (Å²) < 4.78 is 18.8. The molecule has 2 heterocycles. The van der Waals surface area contributed by atoms with Crippen LogP contribution < -0.4 is 5.32 Å². The maximum absolute atomic E-state index is 13.6. The maximum Gasteiger partial charge on any atom is 0.226 e. The number of halogens is 2. The van der Waals surface area contributed by atoms with E-state index < -0.39 is 0 Å². The fraction of sp³-hybridized carbons (Fsp3) is 0.526. The lowest BCUT2D eigenvalue weighted by Crippen LogP contribution is -2.48. The van der Waals surface area contributed by atoms with E-state index >= 15 is 0 Å². The molecular weight excluding hydrogens is 371 g/mol. The van der Waals surface area contributed by atoms with E-state index in [1.165, 1.54) is 12.1 Å². The summed E-state index contributed by atoms with van der Waals surface area (Å²) in [5.41, 5.74) is 0.830. The van der Waals surface area contributed by atoms with Crippen molar-refractivity contribution in [2.75, 3.05) is 19.6 Å². The lowest BCUT2D eigenvalue weighted by molar-refractivity contribution is -0.134. The Morgan fingerprint density at radius 1 is 1.37 bits per heavy atom. The van der Waals surface area contributed by atoms with Crippen LogP contribution >= 0.6 is 12.4 Å². The molecule has 2 aromatic rings. The van der Waals surface area contributed by atoms with Crippen molar-refractivity contribution >= 4 is 18.3 Å². The van der Waals surface area contributed by atoms with Crippen molar-refractivity contribution in [2.24, 2.45) is 0 Å². The molecule has 1 N–H and O–H groups in total. The normalized spacial score (nSPS) is 19.6. The fourth-order valence-corrected chi connectivity index (χ4v) is 3.43. The van der Waals surface area contributed by atoms with Crippen LogP contribution in [-0.2, 0) is 11.2 Å². The van der Waals surface area contributed by atoms with E-state index in [0.717, 1.165) is 30.8 Å². The van der Waals surface area contributed by atoms with Crippen molar-refractivity contribution in [3.05, 3.63) is 47.4 Å². The zero-order valence-electron chi connectivity index (χ0n) is 15.1. The number of carbonyl (C=O) groups excluding carboxylic acids is 1. The van der Waals surface area contributed by atoms with Crippen molar-refractivity contribution in [3.63, 3.8) is 0 Å². The Morgan fingerprint density at radius 2 is 2.22 bits per heavy atom. The summed E-state index contributed by atoms with van der Waals surface area (Å²) in [4.78, 5) is 19.0. The first-order valence-corrected chi connectivity index (χ1v) is 9.29. The second-order valence-electron chi connectivity index (χ2n) is 7.04. The van der Waals surface area contributed by atoms with Crippen LogP contribution in [0.5, 0.6) is 0 Å². The summed E-state index contributed by atoms with van der Waals surface area (Å²) in [6, 6.07) is 6.37. The third kappa shape index (κ3) is 4.84. The van der Waals surface area contributed by atoms with Gasteiger partial charge in [0.05, 0.1) is 6.04 Å². The lowest BCUT2D eigenvalue weighted by Gasteiger charge is -2.36. The zero-order valence-corrected chi connectivity index (χ0v) is 15.9. The predicted octanol–water partition coefficient (Wildman–Crippen LogP) is 3.00. The van der Waals surface area contributed by atoms with Gasteiger partial charge in [-0.05, 0) is 37.0 Å². The van der Waals surface area contributed by atoms with Crippen LogP contribution in [0.3, 0.4) is 0 Å². The highest BCUT2D eigenvalue weighted by atomic mass is 35.5. The van der Waals surface area contributed by atoms with Gasteiger partial charge < -0.3 is 14.7 Å². The molecule has 27 heavy (non-hydrogen) atoms. The lowest BCUT2D eigenvalue weighted by atomic mass is 10.0. The van der Waals surface area contributed by atoms with Gasteiger partial charge >= 0.3 is 0 Å². The minimum atomic E-state index is -0.275. The molecule has 8 heteroatoms. The molecule has 2 fully saturated rings. The molecule has 6 nitrogen and oxygen atoms in total. The summed E-state index contributed by atoms with van der Waals surface area (Å²) >= 11 is 0. The van der Waals surface area contributed by atoms with Gasteiger partial charge in [-0.3, -0.25) is 4.79 Å². The third-order valence-electron chi connectivity index (χ3n) is 5.00. The number of nitrogens with one attached hydrogen (secondary N) is 1. The molecule has 146 valence electrons. The molecular formula is C19H24ClFN4O2. The van der Waals surface area contributed by atoms with E-state index in [0.29, 0.717) is 44.2 Å². The average Bonchev–Trinajstić information content (AvgIpc) is 3.40. The number of nitrogens with zero attached hydrogens (tertiary/aromatic N) is 3. The molecule has 1 aliphatic heterocycles.